The van der Waals surface area contributed by atoms with Crippen LogP contribution < -0.4 is 15.4 Å². The van der Waals surface area contributed by atoms with Crippen molar-refractivity contribution in [1.82, 2.24) is 15.6 Å². The number of benzene rings is 1. The molecule has 25 heavy (non-hydrogen) atoms. The van der Waals surface area contributed by atoms with Crippen molar-refractivity contribution in [2.45, 2.75) is 33.9 Å². The summed E-state index contributed by atoms with van der Waals surface area (Å²) in [7, 11) is 1.45. The third kappa shape index (κ3) is 6.43. The predicted molar refractivity (Wildman–Crippen MR) is 112 cm³/mol. The minimum absolute atomic E-state index is 0. The van der Waals surface area contributed by atoms with Gasteiger partial charge in [-0.1, -0.05) is 6.07 Å². The van der Waals surface area contributed by atoms with Gasteiger partial charge in [0.1, 0.15) is 0 Å². The molecule has 0 spiro atoms. The summed E-state index contributed by atoms with van der Waals surface area (Å²) < 4.78 is 18.7. The topological polar surface area (TPSA) is 58.5 Å². The van der Waals surface area contributed by atoms with Crippen LogP contribution in [-0.4, -0.2) is 24.6 Å². The lowest BCUT2D eigenvalue weighted by Crippen LogP contribution is -2.36. The van der Waals surface area contributed by atoms with Crippen LogP contribution in [0.1, 0.15) is 28.1 Å². The lowest BCUT2D eigenvalue weighted by atomic mass is 10.2. The molecule has 2 aromatic rings. The predicted octanol–water partition coefficient (Wildman–Crippen LogP) is 3.78. The highest BCUT2D eigenvalue weighted by molar-refractivity contribution is 14.0. The number of hydrogen-bond acceptors (Lipinski definition) is 4. The molecular weight excluding hydrogens is 454 g/mol. The summed E-state index contributed by atoms with van der Waals surface area (Å²) in [6.45, 7) is 7.82. The average Bonchev–Trinajstić information content (AvgIpc) is 2.88. The van der Waals surface area contributed by atoms with Crippen LogP contribution in [-0.2, 0) is 13.1 Å². The SMILES string of the molecule is CCNC(=NCc1ccc(OC)c(F)c1)NCc1sc(C)nc1C.I. The Kier molecular flexibility index (Phi) is 9.12. The number of aromatic nitrogens is 1. The second-order valence-corrected chi connectivity index (χ2v) is 6.55. The minimum atomic E-state index is -0.376. The summed E-state index contributed by atoms with van der Waals surface area (Å²) in [6, 6.07) is 4.87. The van der Waals surface area contributed by atoms with Gasteiger partial charge < -0.3 is 15.4 Å². The summed E-state index contributed by atoms with van der Waals surface area (Å²) in [5.74, 6) is 0.557. The molecule has 0 amide bonds. The number of hydrogen-bond donors (Lipinski definition) is 2. The zero-order chi connectivity index (χ0) is 17.5. The van der Waals surface area contributed by atoms with Crippen molar-refractivity contribution in [3.05, 3.63) is 45.2 Å². The Morgan fingerprint density at radius 1 is 1.32 bits per heavy atom. The summed E-state index contributed by atoms with van der Waals surface area (Å²) in [4.78, 5) is 10.1. The van der Waals surface area contributed by atoms with Crippen LogP contribution in [0.15, 0.2) is 23.2 Å². The second-order valence-electron chi connectivity index (χ2n) is 5.26. The normalized spacial score (nSPS) is 11.0. The van der Waals surface area contributed by atoms with Gasteiger partial charge in [0, 0.05) is 11.4 Å². The highest BCUT2D eigenvalue weighted by Crippen LogP contribution is 2.18. The van der Waals surface area contributed by atoms with Gasteiger partial charge >= 0.3 is 0 Å². The Morgan fingerprint density at radius 2 is 2.08 bits per heavy atom. The highest BCUT2D eigenvalue weighted by Gasteiger charge is 2.07. The van der Waals surface area contributed by atoms with Crippen molar-refractivity contribution >= 4 is 41.3 Å². The lowest BCUT2D eigenvalue weighted by Gasteiger charge is -2.11. The summed E-state index contributed by atoms with van der Waals surface area (Å²) >= 11 is 1.68. The molecule has 138 valence electrons. The molecule has 2 rings (SSSR count). The number of ether oxygens (including phenoxy) is 1. The largest absolute Gasteiger partial charge is 0.494 e. The molecule has 5 nitrogen and oxygen atoms in total. The second kappa shape index (κ2) is 10.5. The van der Waals surface area contributed by atoms with Gasteiger partial charge in [-0.15, -0.1) is 35.3 Å². The van der Waals surface area contributed by atoms with Gasteiger partial charge in [-0.2, -0.15) is 0 Å². The van der Waals surface area contributed by atoms with Crippen LogP contribution in [0.4, 0.5) is 4.39 Å². The fourth-order valence-electron chi connectivity index (χ4n) is 2.22. The smallest absolute Gasteiger partial charge is 0.191 e. The Labute approximate surface area is 169 Å². The first-order valence-electron chi connectivity index (χ1n) is 7.81. The van der Waals surface area contributed by atoms with Crippen LogP contribution in [0.3, 0.4) is 0 Å². The number of thiazole rings is 1. The number of nitrogens with one attached hydrogen (secondary N) is 2. The fourth-order valence-corrected chi connectivity index (χ4v) is 3.10. The zero-order valence-corrected chi connectivity index (χ0v) is 18.0. The number of rotatable bonds is 6. The molecule has 0 radical (unpaired) electrons. The molecule has 0 saturated heterocycles. The van der Waals surface area contributed by atoms with Gasteiger partial charge in [0.05, 0.1) is 30.9 Å². The average molecular weight is 478 g/mol. The lowest BCUT2D eigenvalue weighted by molar-refractivity contribution is 0.386. The molecular formula is C17H24FIN4OS. The first kappa shape index (κ1) is 21.6. The minimum Gasteiger partial charge on any atom is -0.494 e. The fraction of sp³-hybridized carbons (Fsp3) is 0.412. The molecule has 0 aliphatic rings. The molecule has 0 bridgehead atoms. The van der Waals surface area contributed by atoms with E-state index in [1.54, 1.807) is 17.4 Å². The van der Waals surface area contributed by atoms with E-state index in [4.69, 9.17) is 4.74 Å². The van der Waals surface area contributed by atoms with E-state index in [9.17, 15) is 4.39 Å². The van der Waals surface area contributed by atoms with Crippen molar-refractivity contribution in [2.24, 2.45) is 4.99 Å². The standard InChI is InChI=1S/C17H23FN4OS.HI/c1-5-19-17(21-10-16-11(2)22-12(3)24-16)20-9-13-6-7-15(23-4)14(18)8-13;/h6-8H,5,9-10H2,1-4H3,(H2,19,20,21);1H. The molecule has 1 aromatic carbocycles. The molecule has 0 aliphatic carbocycles. The van der Waals surface area contributed by atoms with E-state index < -0.39 is 0 Å². The molecule has 0 saturated carbocycles. The molecule has 0 unspecified atom stereocenters. The molecule has 1 aromatic heterocycles. The molecule has 8 heteroatoms. The maximum Gasteiger partial charge on any atom is 0.191 e. The van der Waals surface area contributed by atoms with Gasteiger partial charge in [0.2, 0.25) is 0 Å². The van der Waals surface area contributed by atoms with E-state index in [1.807, 2.05) is 26.8 Å². The number of aryl methyl sites for hydroxylation is 2. The summed E-state index contributed by atoms with van der Waals surface area (Å²) in [6.07, 6.45) is 0. The summed E-state index contributed by atoms with van der Waals surface area (Å²) in [5.41, 5.74) is 1.83. The van der Waals surface area contributed by atoms with E-state index in [1.165, 1.54) is 18.1 Å². The Morgan fingerprint density at radius 3 is 2.64 bits per heavy atom. The van der Waals surface area contributed by atoms with E-state index in [-0.39, 0.29) is 35.5 Å². The van der Waals surface area contributed by atoms with Gasteiger partial charge in [0.25, 0.3) is 0 Å². The quantitative estimate of drug-likeness (QED) is 0.377. The first-order chi connectivity index (χ1) is 11.5. The zero-order valence-electron chi connectivity index (χ0n) is 14.9. The Balaban J connectivity index is 0.00000312. The Bertz CT molecular complexity index is 721. The van der Waals surface area contributed by atoms with Crippen molar-refractivity contribution in [3.63, 3.8) is 0 Å². The van der Waals surface area contributed by atoms with E-state index >= 15 is 0 Å². The summed E-state index contributed by atoms with van der Waals surface area (Å²) in [5, 5.41) is 7.54. The molecule has 0 aliphatic heterocycles. The monoisotopic (exact) mass is 478 g/mol. The molecule has 2 N–H and O–H groups in total. The number of halogens is 2. The van der Waals surface area contributed by atoms with E-state index in [2.05, 4.69) is 20.6 Å². The number of aliphatic imine (C=N–C) groups is 1. The number of nitrogens with zero attached hydrogens (tertiary/aromatic N) is 2. The van der Waals surface area contributed by atoms with Gasteiger partial charge in [-0.25, -0.2) is 14.4 Å². The van der Waals surface area contributed by atoms with E-state index in [0.29, 0.717) is 19.0 Å². The molecule has 0 fully saturated rings. The van der Waals surface area contributed by atoms with Crippen LogP contribution in [0.25, 0.3) is 0 Å². The third-order valence-electron chi connectivity index (χ3n) is 3.40. The van der Waals surface area contributed by atoms with Gasteiger partial charge in [-0.3, -0.25) is 0 Å². The van der Waals surface area contributed by atoms with Crippen LogP contribution in [0.2, 0.25) is 0 Å². The number of guanidine groups is 1. The van der Waals surface area contributed by atoms with Crippen molar-refractivity contribution in [3.8, 4) is 5.75 Å². The van der Waals surface area contributed by atoms with Crippen LogP contribution in [0.5, 0.6) is 5.75 Å². The first-order valence-corrected chi connectivity index (χ1v) is 8.62. The van der Waals surface area contributed by atoms with Crippen molar-refractivity contribution < 1.29 is 9.13 Å². The van der Waals surface area contributed by atoms with E-state index in [0.717, 1.165) is 22.8 Å². The van der Waals surface area contributed by atoms with Crippen LogP contribution in [0, 0.1) is 19.7 Å². The Hall–Kier alpha value is -1.42. The van der Waals surface area contributed by atoms with Crippen LogP contribution >= 0.6 is 35.3 Å². The third-order valence-corrected chi connectivity index (χ3v) is 4.47. The maximum absolute atomic E-state index is 13.7. The van der Waals surface area contributed by atoms with Crippen molar-refractivity contribution in [2.75, 3.05) is 13.7 Å². The highest BCUT2D eigenvalue weighted by atomic mass is 127. The molecule has 0 atom stereocenters. The molecule has 1 heterocycles. The number of methoxy groups -OCH3 is 1. The maximum atomic E-state index is 13.7. The van der Waals surface area contributed by atoms with Crippen molar-refractivity contribution in [1.29, 1.82) is 0 Å². The van der Waals surface area contributed by atoms with Gasteiger partial charge in [-0.05, 0) is 38.5 Å². The van der Waals surface area contributed by atoms with Gasteiger partial charge in [0.15, 0.2) is 17.5 Å².